The lowest BCUT2D eigenvalue weighted by Gasteiger charge is -2.21. The van der Waals surface area contributed by atoms with Gasteiger partial charge in [-0.1, -0.05) is 0 Å². The van der Waals surface area contributed by atoms with Crippen molar-refractivity contribution < 1.29 is 9.21 Å². The van der Waals surface area contributed by atoms with Crippen molar-refractivity contribution in [3.05, 3.63) is 17.8 Å². The number of aryl methyl sites for hydroxylation is 1. The molecule has 1 fully saturated rings. The van der Waals surface area contributed by atoms with Gasteiger partial charge < -0.3 is 9.32 Å². The highest BCUT2D eigenvalue weighted by molar-refractivity contribution is 6.18. The molecule has 1 aliphatic heterocycles. The first-order chi connectivity index (χ1) is 7.24. The van der Waals surface area contributed by atoms with Crippen molar-refractivity contribution in [1.82, 2.24) is 9.88 Å². The maximum atomic E-state index is 12.0. The Kier molecular flexibility index (Phi) is 2.95. The molecule has 1 aromatic rings. The molecule has 1 unspecified atom stereocenters. The summed E-state index contributed by atoms with van der Waals surface area (Å²) < 4.78 is 5.09. The van der Waals surface area contributed by atoms with Crippen molar-refractivity contribution in [1.29, 1.82) is 0 Å². The fourth-order valence-electron chi connectivity index (χ4n) is 1.90. The molecule has 5 heteroatoms. The molecule has 82 valence electrons. The zero-order valence-corrected chi connectivity index (χ0v) is 9.33. The highest BCUT2D eigenvalue weighted by Crippen LogP contribution is 2.21. The van der Waals surface area contributed by atoms with Crippen LogP contribution in [0.1, 0.15) is 29.1 Å². The second-order valence-corrected chi connectivity index (χ2v) is 4.02. The van der Waals surface area contributed by atoms with E-state index in [9.17, 15) is 4.79 Å². The molecular formula is C10H13ClN2O2. The third-order valence-electron chi connectivity index (χ3n) is 2.76. The number of halogens is 1. The van der Waals surface area contributed by atoms with Crippen LogP contribution in [-0.4, -0.2) is 34.3 Å². The van der Waals surface area contributed by atoms with Crippen LogP contribution in [0.25, 0.3) is 0 Å². The van der Waals surface area contributed by atoms with Crippen LogP contribution in [0.15, 0.2) is 10.8 Å². The van der Waals surface area contributed by atoms with Crippen LogP contribution in [0, 0.1) is 6.92 Å². The second kappa shape index (κ2) is 4.23. The highest BCUT2D eigenvalue weighted by Gasteiger charge is 2.31. The number of rotatable bonds is 2. The molecule has 15 heavy (non-hydrogen) atoms. The Hall–Kier alpha value is -1.03. The standard InChI is InChI=1S/C10H13ClN2O2/c1-7-9(15-6-12-7)10(14)13-4-2-3-8(13)5-11/h6,8H,2-5H2,1H3. The SMILES string of the molecule is Cc1ncoc1C(=O)N1CCCC1CCl. The van der Waals surface area contributed by atoms with E-state index in [0.29, 0.717) is 17.3 Å². The smallest absolute Gasteiger partial charge is 0.291 e. The second-order valence-electron chi connectivity index (χ2n) is 3.72. The van der Waals surface area contributed by atoms with Crippen molar-refractivity contribution in [2.75, 3.05) is 12.4 Å². The number of oxazole rings is 1. The van der Waals surface area contributed by atoms with Crippen molar-refractivity contribution >= 4 is 17.5 Å². The van der Waals surface area contributed by atoms with Crippen LogP contribution in [0.4, 0.5) is 0 Å². The Labute approximate surface area is 93.2 Å². The maximum absolute atomic E-state index is 12.0. The first-order valence-corrected chi connectivity index (χ1v) is 5.54. The normalized spacial score (nSPS) is 20.9. The molecule has 0 radical (unpaired) electrons. The topological polar surface area (TPSA) is 46.3 Å². The van der Waals surface area contributed by atoms with E-state index in [1.807, 2.05) is 0 Å². The molecule has 4 nitrogen and oxygen atoms in total. The number of nitrogens with zero attached hydrogens (tertiary/aromatic N) is 2. The van der Waals surface area contributed by atoms with Gasteiger partial charge in [-0.3, -0.25) is 4.79 Å². The van der Waals surface area contributed by atoms with Crippen molar-refractivity contribution in [2.24, 2.45) is 0 Å². The van der Waals surface area contributed by atoms with E-state index in [-0.39, 0.29) is 11.9 Å². The molecule has 1 saturated heterocycles. The molecule has 2 rings (SSSR count). The zero-order chi connectivity index (χ0) is 10.8. The zero-order valence-electron chi connectivity index (χ0n) is 8.57. The molecule has 0 spiro atoms. The molecular weight excluding hydrogens is 216 g/mol. The van der Waals surface area contributed by atoms with Crippen LogP contribution >= 0.6 is 11.6 Å². The first kappa shape index (κ1) is 10.5. The molecule has 0 saturated carbocycles. The Bertz CT molecular complexity index is 364. The van der Waals surface area contributed by atoms with Gasteiger partial charge in [0.15, 0.2) is 6.39 Å². The summed E-state index contributed by atoms with van der Waals surface area (Å²) in [5, 5.41) is 0. The predicted octanol–water partition coefficient (Wildman–Crippen LogP) is 1.83. The average molecular weight is 229 g/mol. The molecule has 0 N–H and O–H groups in total. The fourth-order valence-corrected chi connectivity index (χ4v) is 2.22. The van der Waals surface area contributed by atoms with Crippen LogP contribution in [-0.2, 0) is 0 Å². The van der Waals surface area contributed by atoms with Gasteiger partial charge in [-0.2, -0.15) is 0 Å². The Morgan fingerprint density at radius 1 is 1.80 bits per heavy atom. The van der Waals surface area contributed by atoms with E-state index in [1.165, 1.54) is 6.39 Å². The number of likely N-dealkylation sites (tertiary alicyclic amines) is 1. The van der Waals surface area contributed by atoms with Crippen LogP contribution in [0.2, 0.25) is 0 Å². The largest absolute Gasteiger partial charge is 0.438 e. The summed E-state index contributed by atoms with van der Waals surface area (Å²) in [7, 11) is 0. The number of hydrogen-bond donors (Lipinski definition) is 0. The van der Waals surface area contributed by atoms with Gasteiger partial charge >= 0.3 is 0 Å². The number of hydrogen-bond acceptors (Lipinski definition) is 3. The van der Waals surface area contributed by atoms with Crippen molar-refractivity contribution in [2.45, 2.75) is 25.8 Å². The average Bonchev–Trinajstić information content (AvgIpc) is 2.84. The van der Waals surface area contributed by atoms with Gasteiger partial charge in [0, 0.05) is 18.5 Å². The lowest BCUT2D eigenvalue weighted by molar-refractivity contribution is 0.0716. The molecule has 0 aromatic carbocycles. The molecule has 0 bridgehead atoms. The minimum atomic E-state index is -0.0897. The lowest BCUT2D eigenvalue weighted by Crippen LogP contribution is -2.36. The van der Waals surface area contributed by atoms with Gasteiger partial charge in [-0.15, -0.1) is 11.6 Å². The summed E-state index contributed by atoms with van der Waals surface area (Å²) in [6.07, 6.45) is 3.28. The Balaban J connectivity index is 2.18. The third kappa shape index (κ3) is 1.86. The lowest BCUT2D eigenvalue weighted by atomic mass is 10.2. The first-order valence-electron chi connectivity index (χ1n) is 5.01. The van der Waals surface area contributed by atoms with E-state index in [2.05, 4.69) is 4.98 Å². The summed E-state index contributed by atoms with van der Waals surface area (Å²) in [6, 6.07) is 0.142. The van der Waals surface area contributed by atoms with E-state index in [0.717, 1.165) is 19.4 Å². The number of amides is 1. The van der Waals surface area contributed by atoms with Gasteiger partial charge in [0.25, 0.3) is 5.91 Å². The fraction of sp³-hybridized carbons (Fsp3) is 0.600. The molecule has 1 amide bonds. The number of aromatic nitrogens is 1. The monoisotopic (exact) mass is 228 g/mol. The molecule has 1 aliphatic rings. The van der Waals surface area contributed by atoms with Crippen molar-refractivity contribution in [3.63, 3.8) is 0 Å². The quantitative estimate of drug-likeness (QED) is 0.726. The third-order valence-corrected chi connectivity index (χ3v) is 3.11. The van der Waals surface area contributed by atoms with E-state index in [4.69, 9.17) is 16.0 Å². The Morgan fingerprint density at radius 2 is 2.60 bits per heavy atom. The van der Waals surface area contributed by atoms with Crippen molar-refractivity contribution in [3.8, 4) is 0 Å². The van der Waals surface area contributed by atoms with Crippen LogP contribution in [0.3, 0.4) is 0 Å². The Morgan fingerprint density at radius 3 is 3.20 bits per heavy atom. The summed E-state index contributed by atoms with van der Waals surface area (Å²) in [6.45, 7) is 2.53. The van der Waals surface area contributed by atoms with E-state index in [1.54, 1.807) is 11.8 Å². The summed E-state index contributed by atoms with van der Waals surface area (Å²) >= 11 is 5.81. The predicted molar refractivity (Wildman–Crippen MR) is 56.0 cm³/mol. The number of carbonyl (C=O) groups is 1. The van der Waals surface area contributed by atoms with Gasteiger partial charge in [0.2, 0.25) is 5.76 Å². The van der Waals surface area contributed by atoms with E-state index < -0.39 is 0 Å². The van der Waals surface area contributed by atoms with Gasteiger partial charge in [0.05, 0.1) is 5.69 Å². The van der Waals surface area contributed by atoms with Gasteiger partial charge in [0.1, 0.15) is 0 Å². The minimum absolute atomic E-state index is 0.0897. The molecule has 0 aliphatic carbocycles. The summed E-state index contributed by atoms with van der Waals surface area (Å²) in [4.78, 5) is 17.7. The van der Waals surface area contributed by atoms with Crippen LogP contribution in [0.5, 0.6) is 0 Å². The summed E-state index contributed by atoms with van der Waals surface area (Å²) in [5.41, 5.74) is 0.639. The van der Waals surface area contributed by atoms with E-state index >= 15 is 0 Å². The highest BCUT2D eigenvalue weighted by atomic mass is 35.5. The molecule has 1 aromatic heterocycles. The summed E-state index contributed by atoms with van der Waals surface area (Å²) in [5.74, 6) is 0.735. The number of alkyl halides is 1. The van der Waals surface area contributed by atoms with Gasteiger partial charge in [-0.25, -0.2) is 4.98 Å². The van der Waals surface area contributed by atoms with Gasteiger partial charge in [-0.05, 0) is 19.8 Å². The molecule has 2 heterocycles. The maximum Gasteiger partial charge on any atom is 0.291 e. The molecule has 1 atom stereocenters. The minimum Gasteiger partial charge on any atom is -0.438 e. The van der Waals surface area contributed by atoms with Crippen LogP contribution < -0.4 is 0 Å². The number of carbonyl (C=O) groups excluding carboxylic acids is 1.